The molecule has 0 saturated carbocycles. The van der Waals surface area contributed by atoms with E-state index in [1.165, 1.54) is 10.5 Å². The Bertz CT molecular complexity index is 515. The molecule has 1 aliphatic heterocycles. The van der Waals surface area contributed by atoms with Crippen LogP contribution in [0.3, 0.4) is 0 Å². The Morgan fingerprint density at radius 2 is 2.12 bits per heavy atom. The predicted octanol–water partition coefficient (Wildman–Crippen LogP) is 3.00. The maximum atomic E-state index is 10.4. The van der Waals surface area contributed by atoms with Crippen molar-refractivity contribution in [3.63, 3.8) is 0 Å². The molecule has 2 atom stereocenters. The van der Waals surface area contributed by atoms with Gasteiger partial charge in [0.2, 0.25) is 0 Å². The molecule has 1 N–H and O–H groups in total. The molecule has 86 valence electrons. The molecule has 0 fully saturated rings. The number of benzene rings is 1. The van der Waals surface area contributed by atoms with Crippen molar-refractivity contribution in [3.05, 3.63) is 59.9 Å². The minimum absolute atomic E-state index is 0.181. The van der Waals surface area contributed by atoms with Crippen molar-refractivity contribution in [2.24, 2.45) is 0 Å². The number of aromatic nitrogens is 1. The molecule has 0 bridgehead atoms. The number of thioether (sulfide) groups is 1. The summed E-state index contributed by atoms with van der Waals surface area (Å²) in [5.41, 5.74) is 2.16. The highest BCUT2D eigenvalue weighted by atomic mass is 32.2. The van der Waals surface area contributed by atoms with Crippen LogP contribution in [0.1, 0.15) is 23.1 Å². The summed E-state index contributed by atoms with van der Waals surface area (Å²) in [6.07, 6.45) is 3.02. The molecule has 2 unspecified atom stereocenters. The molecule has 3 rings (SSSR count). The molecule has 1 aliphatic rings. The van der Waals surface area contributed by atoms with Crippen molar-refractivity contribution in [2.75, 3.05) is 5.75 Å². The summed E-state index contributed by atoms with van der Waals surface area (Å²) < 4.78 is 0. The summed E-state index contributed by atoms with van der Waals surface area (Å²) in [7, 11) is 0. The number of hydrogen-bond donors (Lipinski definition) is 1. The van der Waals surface area contributed by atoms with Gasteiger partial charge in [0.15, 0.2) is 0 Å². The molecule has 0 saturated heterocycles. The maximum Gasteiger partial charge on any atom is 0.0881 e. The molecule has 1 aromatic heterocycles. The van der Waals surface area contributed by atoms with E-state index in [1.54, 1.807) is 12.4 Å². The Hall–Kier alpha value is -1.32. The van der Waals surface area contributed by atoms with Gasteiger partial charge in [-0.25, -0.2) is 0 Å². The van der Waals surface area contributed by atoms with Crippen LogP contribution < -0.4 is 0 Å². The van der Waals surface area contributed by atoms with Gasteiger partial charge in [0.05, 0.1) is 6.10 Å². The van der Waals surface area contributed by atoms with Gasteiger partial charge in [-0.15, -0.1) is 11.8 Å². The fourth-order valence-corrected chi connectivity index (χ4v) is 3.51. The monoisotopic (exact) mass is 243 g/mol. The van der Waals surface area contributed by atoms with Gasteiger partial charge in [-0.3, -0.25) is 4.98 Å². The topological polar surface area (TPSA) is 33.1 Å². The van der Waals surface area contributed by atoms with Crippen molar-refractivity contribution in [1.29, 1.82) is 0 Å². The van der Waals surface area contributed by atoms with Gasteiger partial charge in [0, 0.05) is 29.0 Å². The first-order valence-corrected chi connectivity index (χ1v) is 6.64. The molecule has 17 heavy (non-hydrogen) atoms. The lowest BCUT2D eigenvalue weighted by molar-refractivity contribution is 0.153. The number of hydrogen-bond acceptors (Lipinski definition) is 3. The van der Waals surface area contributed by atoms with E-state index in [0.717, 1.165) is 11.3 Å². The van der Waals surface area contributed by atoms with Crippen LogP contribution in [0.4, 0.5) is 0 Å². The van der Waals surface area contributed by atoms with E-state index >= 15 is 0 Å². The summed E-state index contributed by atoms with van der Waals surface area (Å²) in [5.74, 6) is 1.12. The van der Waals surface area contributed by atoms with E-state index < -0.39 is 6.10 Å². The molecular weight excluding hydrogens is 230 g/mol. The average Bonchev–Trinajstić information content (AvgIpc) is 2.83. The van der Waals surface area contributed by atoms with Gasteiger partial charge in [-0.2, -0.15) is 0 Å². The lowest BCUT2D eigenvalue weighted by Crippen LogP contribution is -2.10. The van der Waals surface area contributed by atoms with Crippen LogP contribution in [-0.4, -0.2) is 15.8 Å². The zero-order valence-corrected chi connectivity index (χ0v) is 10.1. The second-order valence-corrected chi connectivity index (χ2v) is 5.25. The Morgan fingerprint density at radius 1 is 1.24 bits per heavy atom. The fraction of sp³-hybridized carbons (Fsp3) is 0.214. The molecule has 2 aromatic rings. The number of aliphatic hydroxyl groups excluding tert-OH is 1. The average molecular weight is 243 g/mol. The molecule has 0 aliphatic carbocycles. The Kier molecular flexibility index (Phi) is 2.87. The first-order chi connectivity index (χ1) is 8.36. The molecule has 1 aromatic carbocycles. The lowest BCUT2D eigenvalue weighted by Gasteiger charge is -2.18. The van der Waals surface area contributed by atoms with Crippen molar-refractivity contribution in [1.82, 2.24) is 4.98 Å². The van der Waals surface area contributed by atoms with Crippen molar-refractivity contribution in [3.8, 4) is 0 Å². The summed E-state index contributed by atoms with van der Waals surface area (Å²) in [5, 5.41) is 10.4. The summed E-state index contributed by atoms with van der Waals surface area (Å²) >= 11 is 1.82. The van der Waals surface area contributed by atoms with E-state index in [-0.39, 0.29) is 5.92 Å². The Balaban J connectivity index is 1.92. The Labute approximate surface area is 105 Å². The molecule has 3 heteroatoms. The smallest absolute Gasteiger partial charge is 0.0881 e. The lowest BCUT2D eigenvalue weighted by atomic mass is 9.92. The van der Waals surface area contributed by atoms with Gasteiger partial charge in [-0.05, 0) is 23.3 Å². The van der Waals surface area contributed by atoms with Gasteiger partial charge in [0.25, 0.3) is 0 Å². The maximum absolute atomic E-state index is 10.4. The van der Waals surface area contributed by atoms with Crippen LogP contribution in [0.25, 0.3) is 0 Å². The first kappa shape index (κ1) is 10.8. The zero-order chi connectivity index (χ0) is 11.7. The normalized spacial score (nSPS) is 19.9. The van der Waals surface area contributed by atoms with Gasteiger partial charge in [-0.1, -0.05) is 24.3 Å². The standard InChI is InChI=1S/C14H13NOS/c16-14(10-4-3-7-15-8-10)12-9-17-13-6-2-1-5-11(12)13/h1-8,12,14,16H,9H2. The van der Waals surface area contributed by atoms with Crippen LogP contribution in [-0.2, 0) is 0 Å². The third kappa shape index (κ3) is 1.96. The van der Waals surface area contributed by atoms with Crippen LogP contribution in [0.2, 0.25) is 0 Å². The second kappa shape index (κ2) is 4.51. The van der Waals surface area contributed by atoms with Crippen LogP contribution in [0.5, 0.6) is 0 Å². The van der Waals surface area contributed by atoms with E-state index in [4.69, 9.17) is 0 Å². The van der Waals surface area contributed by atoms with Crippen molar-refractivity contribution < 1.29 is 5.11 Å². The second-order valence-electron chi connectivity index (χ2n) is 4.19. The zero-order valence-electron chi connectivity index (χ0n) is 9.28. The molecule has 0 radical (unpaired) electrons. The third-order valence-electron chi connectivity index (χ3n) is 3.14. The molecular formula is C14H13NOS. The first-order valence-electron chi connectivity index (χ1n) is 5.66. The van der Waals surface area contributed by atoms with E-state index in [1.807, 2.05) is 36.0 Å². The van der Waals surface area contributed by atoms with E-state index in [2.05, 4.69) is 17.1 Å². The molecule has 0 spiro atoms. The van der Waals surface area contributed by atoms with Crippen LogP contribution in [0.15, 0.2) is 53.7 Å². The van der Waals surface area contributed by atoms with Crippen molar-refractivity contribution >= 4 is 11.8 Å². The molecule has 2 heterocycles. The number of aliphatic hydroxyl groups is 1. The Morgan fingerprint density at radius 3 is 2.94 bits per heavy atom. The minimum Gasteiger partial charge on any atom is -0.388 e. The van der Waals surface area contributed by atoms with Crippen LogP contribution >= 0.6 is 11.8 Å². The third-order valence-corrected chi connectivity index (χ3v) is 4.35. The van der Waals surface area contributed by atoms with Gasteiger partial charge < -0.3 is 5.11 Å². The van der Waals surface area contributed by atoms with Gasteiger partial charge in [0.1, 0.15) is 0 Å². The SMILES string of the molecule is OC(c1cccnc1)C1CSc2ccccc21. The number of rotatable bonds is 2. The van der Waals surface area contributed by atoms with Gasteiger partial charge >= 0.3 is 0 Å². The van der Waals surface area contributed by atoms with Crippen molar-refractivity contribution in [2.45, 2.75) is 16.9 Å². The summed E-state index contributed by atoms with van der Waals surface area (Å²) in [6.45, 7) is 0. The van der Waals surface area contributed by atoms with E-state index in [0.29, 0.717) is 0 Å². The molecule has 2 nitrogen and oxygen atoms in total. The highest BCUT2D eigenvalue weighted by Gasteiger charge is 2.29. The number of pyridine rings is 1. The summed E-state index contributed by atoms with van der Waals surface area (Å²) in [4.78, 5) is 5.36. The highest BCUT2D eigenvalue weighted by Crippen LogP contribution is 2.45. The predicted molar refractivity (Wildman–Crippen MR) is 69.1 cm³/mol. The fourth-order valence-electron chi connectivity index (χ4n) is 2.23. The quantitative estimate of drug-likeness (QED) is 0.880. The number of fused-ring (bicyclic) bond motifs is 1. The van der Waals surface area contributed by atoms with E-state index in [9.17, 15) is 5.11 Å². The minimum atomic E-state index is -0.458. The van der Waals surface area contributed by atoms with Crippen LogP contribution in [0, 0.1) is 0 Å². The highest BCUT2D eigenvalue weighted by molar-refractivity contribution is 7.99. The summed E-state index contributed by atoms with van der Waals surface area (Å²) in [6, 6.07) is 12.1. The molecule has 0 amide bonds. The number of nitrogens with zero attached hydrogens (tertiary/aromatic N) is 1. The largest absolute Gasteiger partial charge is 0.388 e.